The van der Waals surface area contributed by atoms with Gasteiger partial charge in [0, 0.05) is 17.1 Å². The Balaban J connectivity index is 1.82. The number of piperidine rings is 1. The van der Waals surface area contributed by atoms with E-state index in [2.05, 4.69) is 21.1 Å². The number of nitrogens with zero attached hydrogens (tertiary/aromatic N) is 1. The highest BCUT2D eigenvalue weighted by molar-refractivity contribution is 7.13. The molecule has 0 saturated carbocycles. The van der Waals surface area contributed by atoms with Crippen molar-refractivity contribution in [3.8, 4) is 0 Å². The maximum absolute atomic E-state index is 11.6. The van der Waals surface area contributed by atoms with E-state index in [0.29, 0.717) is 11.7 Å². The quantitative estimate of drug-likeness (QED) is 0.849. The minimum absolute atomic E-state index is 0.379. The zero-order valence-corrected chi connectivity index (χ0v) is 12.1. The maximum atomic E-state index is 11.6. The summed E-state index contributed by atoms with van der Waals surface area (Å²) in [5.41, 5.74) is 1.49. The summed E-state index contributed by atoms with van der Waals surface area (Å²) in [7, 11) is 1.38. The summed E-state index contributed by atoms with van der Waals surface area (Å²) >= 11 is 1.33. The first-order chi connectivity index (χ1) is 9.78. The molecule has 6 heteroatoms. The van der Waals surface area contributed by atoms with Crippen LogP contribution in [0.25, 0.3) is 10.1 Å². The van der Waals surface area contributed by atoms with Gasteiger partial charge in [0.1, 0.15) is 0 Å². The first-order valence-corrected chi connectivity index (χ1v) is 7.50. The normalized spacial score (nSPS) is 16.2. The lowest BCUT2D eigenvalue weighted by Crippen LogP contribution is -2.35. The number of benzene rings is 1. The molecule has 2 aromatic rings. The molecule has 1 aliphatic heterocycles. The smallest absolute Gasteiger partial charge is 0.358 e. The molecule has 1 aliphatic rings. The number of anilines is 1. The zero-order chi connectivity index (χ0) is 13.9. The highest BCUT2D eigenvalue weighted by Crippen LogP contribution is 2.27. The fourth-order valence-electron chi connectivity index (χ4n) is 2.47. The number of rotatable bonds is 3. The van der Waals surface area contributed by atoms with Crippen LogP contribution in [0.15, 0.2) is 18.2 Å². The summed E-state index contributed by atoms with van der Waals surface area (Å²) in [6.45, 7) is 2.12. The molecule has 2 heterocycles. The van der Waals surface area contributed by atoms with Gasteiger partial charge in [0.05, 0.1) is 11.8 Å². The van der Waals surface area contributed by atoms with Crippen molar-refractivity contribution in [1.29, 1.82) is 0 Å². The van der Waals surface area contributed by atoms with Gasteiger partial charge in [-0.3, -0.25) is 0 Å². The first kappa shape index (κ1) is 13.3. The van der Waals surface area contributed by atoms with E-state index in [1.807, 2.05) is 12.1 Å². The number of aromatic nitrogens is 1. The van der Waals surface area contributed by atoms with Crippen LogP contribution < -0.4 is 10.6 Å². The van der Waals surface area contributed by atoms with Gasteiger partial charge >= 0.3 is 5.97 Å². The molecule has 5 nitrogen and oxygen atoms in total. The highest BCUT2D eigenvalue weighted by Gasteiger charge is 2.16. The Morgan fingerprint density at radius 1 is 1.45 bits per heavy atom. The molecule has 0 atom stereocenters. The predicted octanol–water partition coefficient (Wildman–Crippen LogP) is 2.25. The summed E-state index contributed by atoms with van der Waals surface area (Å²) in [4.78, 5) is 11.6. The van der Waals surface area contributed by atoms with Crippen LogP contribution in [-0.4, -0.2) is 36.6 Å². The molecule has 0 amide bonds. The Labute approximate surface area is 121 Å². The molecule has 0 bridgehead atoms. The van der Waals surface area contributed by atoms with E-state index >= 15 is 0 Å². The highest BCUT2D eigenvalue weighted by atomic mass is 32.1. The Morgan fingerprint density at radius 3 is 3.00 bits per heavy atom. The number of nitrogens with one attached hydrogen (secondary N) is 2. The monoisotopic (exact) mass is 291 g/mol. The molecule has 0 radical (unpaired) electrons. The van der Waals surface area contributed by atoms with E-state index in [9.17, 15) is 4.79 Å². The second-order valence-electron chi connectivity index (χ2n) is 4.90. The van der Waals surface area contributed by atoms with Crippen LogP contribution in [0.4, 0.5) is 5.69 Å². The fraction of sp³-hybridized carbons (Fsp3) is 0.429. The summed E-state index contributed by atoms with van der Waals surface area (Å²) < 4.78 is 9.92. The second kappa shape index (κ2) is 5.76. The third-order valence-corrected chi connectivity index (χ3v) is 4.37. The van der Waals surface area contributed by atoms with E-state index in [0.717, 1.165) is 41.7 Å². The van der Waals surface area contributed by atoms with Gasteiger partial charge in [0.15, 0.2) is 5.69 Å². The number of ether oxygens (including phenoxy) is 1. The van der Waals surface area contributed by atoms with Crippen LogP contribution in [0, 0.1) is 0 Å². The second-order valence-corrected chi connectivity index (χ2v) is 5.71. The topological polar surface area (TPSA) is 63.2 Å². The average Bonchev–Trinajstić information content (AvgIpc) is 2.90. The van der Waals surface area contributed by atoms with Crippen molar-refractivity contribution in [2.24, 2.45) is 0 Å². The van der Waals surface area contributed by atoms with Crippen molar-refractivity contribution in [3.05, 3.63) is 23.9 Å². The summed E-state index contributed by atoms with van der Waals surface area (Å²) in [5.74, 6) is -0.379. The van der Waals surface area contributed by atoms with Gasteiger partial charge in [0.25, 0.3) is 0 Å². The number of hydrogen-bond donors (Lipinski definition) is 2. The van der Waals surface area contributed by atoms with E-state index in [4.69, 9.17) is 4.74 Å². The maximum Gasteiger partial charge on any atom is 0.358 e. The Kier molecular flexibility index (Phi) is 3.84. The van der Waals surface area contributed by atoms with E-state index in [1.165, 1.54) is 18.6 Å². The Bertz CT molecular complexity index is 620. The lowest BCUT2D eigenvalue weighted by Gasteiger charge is -2.24. The molecule has 0 aliphatic carbocycles. The number of methoxy groups -OCH3 is 1. The zero-order valence-electron chi connectivity index (χ0n) is 11.3. The number of fused-ring (bicyclic) bond motifs is 1. The molecular weight excluding hydrogens is 274 g/mol. The minimum atomic E-state index is -0.379. The largest absolute Gasteiger partial charge is 0.464 e. The van der Waals surface area contributed by atoms with Gasteiger partial charge < -0.3 is 15.4 Å². The van der Waals surface area contributed by atoms with Gasteiger partial charge in [-0.2, -0.15) is 4.37 Å². The first-order valence-electron chi connectivity index (χ1n) is 6.73. The van der Waals surface area contributed by atoms with Crippen molar-refractivity contribution in [1.82, 2.24) is 9.69 Å². The molecule has 1 saturated heterocycles. The van der Waals surface area contributed by atoms with Gasteiger partial charge in [-0.15, -0.1) is 0 Å². The van der Waals surface area contributed by atoms with Crippen molar-refractivity contribution in [2.45, 2.75) is 18.9 Å². The Morgan fingerprint density at radius 2 is 2.25 bits per heavy atom. The van der Waals surface area contributed by atoms with Gasteiger partial charge in [0.2, 0.25) is 0 Å². The van der Waals surface area contributed by atoms with Crippen LogP contribution in [0.2, 0.25) is 0 Å². The molecule has 0 unspecified atom stereocenters. The molecule has 1 fully saturated rings. The fourth-order valence-corrected chi connectivity index (χ4v) is 3.28. The molecule has 3 rings (SSSR count). The van der Waals surface area contributed by atoms with E-state index in [1.54, 1.807) is 0 Å². The predicted molar refractivity (Wildman–Crippen MR) is 80.5 cm³/mol. The lowest BCUT2D eigenvalue weighted by atomic mass is 10.1. The van der Waals surface area contributed by atoms with Crippen molar-refractivity contribution in [2.75, 3.05) is 25.5 Å². The summed E-state index contributed by atoms with van der Waals surface area (Å²) in [5, 5.41) is 7.76. The van der Waals surface area contributed by atoms with Crippen LogP contribution >= 0.6 is 11.5 Å². The van der Waals surface area contributed by atoms with Crippen LogP contribution in [-0.2, 0) is 4.74 Å². The van der Waals surface area contributed by atoms with Crippen LogP contribution in [0.5, 0.6) is 0 Å². The third-order valence-electron chi connectivity index (χ3n) is 3.56. The molecule has 1 aromatic heterocycles. The number of carbonyl (C=O) groups is 1. The SMILES string of the molecule is COC(=O)c1nsc2cc(NC3CCNCC3)ccc12. The third kappa shape index (κ3) is 2.62. The average molecular weight is 291 g/mol. The van der Waals surface area contributed by atoms with Crippen molar-refractivity contribution >= 4 is 33.3 Å². The lowest BCUT2D eigenvalue weighted by molar-refractivity contribution is 0.0598. The number of esters is 1. The molecule has 106 valence electrons. The van der Waals surface area contributed by atoms with Crippen LogP contribution in [0.1, 0.15) is 23.3 Å². The van der Waals surface area contributed by atoms with Gasteiger partial charge in [-0.1, -0.05) is 0 Å². The minimum Gasteiger partial charge on any atom is -0.464 e. The molecule has 20 heavy (non-hydrogen) atoms. The van der Waals surface area contributed by atoms with E-state index in [-0.39, 0.29) is 5.97 Å². The van der Waals surface area contributed by atoms with Crippen molar-refractivity contribution in [3.63, 3.8) is 0 Å². The summed E-state index contributed by atoms with van der Waals surface area (Å²) in [6, 6.07) is 6.52. The standard InChI is InChI=1S/C14H17N3O2S/c1-19-14(18)13-11-3-2-10(8-12(11)20-17-13)16-9-4-6-15-7-5-9/h2-3,8-9,15-16H,4-7H2,1H3. The van der Waals surface area contributed by atoms with Gasteiger partial charge in [-0.25, -0.2) is 4.79 Å². The van der Waals surface area contributed by atoms with E-state index < -0.39 is 0 Å². The van der Waals surface area contributed by atoms with Crippen LogP contribution in [0.3, 0.4) is 0 Å². The molecule has 0 spiro atoms. The van der Waals surface area contributed by atoms with Crippen molar-refractivity contribution < 1.29 is 9.53 Å². The molecule has 1 aromatic carbocycles. The molecule has 2 N–H and O–H groups in total. The molecular formula is C14H17N3O2S. The summed E-state index contributed by atoms with van der Waals surface area (Å²) in [6.07, 6.45) is 2.27. The number of carbonyl (C=O) groups excluding carboxylic acids is 1. The van der Waals surface area contributed by atoms with Gasteiger partial charge in [-0.05, 0) is 55.7 Å². The number of hydrogen-bond acceptors (Lipinski definition) is 6. The Hall–Kier alpha value is -1.66.